The van der Waals surface area contributed by atoms with Gasteiger partial charge in [-0.25, -0.2) is 13.6 Å². The number of benzene rings is 1. The van der Waals surface area contributed by atoms with Crippen molar-refractivity contribution in [2.75, 3.05) is 7.11 Å². The van der Waals surface area contributed by atoms with E-state index >= 15 is 0 Å². The molecule has 0 unspecified atom stereocenters. The molecule has 0 spiro atoms. The Morgan fingerprint density at radius 3 is 1.85 bits per heavy atom. The number of hydrogen-bond acceptors (Lipinski definition) is 3. The van der Waals surface area contributed by atoms with Gasteiger partial charge in [-0.05, 0) is 6.07 Å². The van der Waals surface area contributed by atoms with Gasteiger partial charge in [-0.3, -0.25) is 0 Å². The summed E-state index contributed by atoms with van der Waals surface area (Å²) in [7, 11) is -4.16. The highest BCUT2D eigenvalue weighted by atomic mass is 32.2. The van der Waals surface area contributed by atoms with Crippen LogP contribution >= 0.6 is 0 Å². The maximum absolute atomic E-state index is 12.7. The van der Waals surface area contributed by atoms with E-state index in [1.807, 2.05) is 0 Å². The molecule has 11 heteroatoms. The van der Waals surface area contributed by atoms with Crippen LogP contribution in [0.1, 0.15) is 11.1 Å². The van der Waals surface area contributed by atoms with Crippen LogP contribution in [0.5, 0.6) is 5.75 Å². The first-order valence-corrected chi connectivity index (χ1v) is 6.22. The quantitative estimate of drug-likeness (QED) is 0.850. The average molecular weight is 323 g/mol. The standard InChI is InChI=1S/C9H7F6NO3S/c1-19-4-2-5(8(10,11)12)7(9(13,14)15)6(3-4)20(16,17)18/h2-3H,1H3,(H2,16,17,18). The molecule has 0 atom stereocenters. The fourth-order valence-electron chi connectivity index (χ4n) is 1.45. The van der Waals surface area contributed by atoms with Crippen LogP contribution in [0.15, 0.2) is 17.0 Å². The maximum Gasteiger partial charge on any atom is 0.418 e. The van der Waals surface area contributed by atoms with Crippen LogP contribution in [0.2, 0.25) is 0 Å². The van der Waals surface area contributed by atoms with Crippen molar-refractivity contribution in [1.29, 1.82) is 0 Å². The normalized spacial score (nSPS) is 13.4. The van der Waals surface area contributed by atoms with Crippen LogP contribution in [0, 0.1) is 0 Å². The van der Waals surface area contributed by atoms with Crippen LogP contribution in [-0.4, -0.2) is 15.5 Å². The summed E-state index contributed by atoms with van der Waals surface area (Å²) >= 11 is 0. The Bertz CT molecular complexity index is 620. The number of sulfonamides is 1. The lowest BCUT2D eigenvalue weighted by atomic mass is 10.1. The molecule has 0 amide bonds. The van der Waals surface area contributed by atoms with Gasteiger partial charge in [-0.15, -0.1) is 0 Å². The summed E-state index contributed by atoms with van der Waals surface area (Å²) in [6.45, 7) is 0. The minimum Gasteiger partial charge on any atom is -0.497 e. The molecule has 20 heavy (non-hydrogen) atoms. The SMILES string of the molecule is COc1cc(C(F)(F)F)c(C(F)(F)F)c(S(N)(=O)=O)c1. The van der Waals surface area contributed by atoms with Gasteiger partial charge in [0.15, 0.2) is 0 Å². The smallest absolute Gasteiger partial charge is 0.418 e. The zero-order valence-electron chi connectivity index (χ0n) is 9.63. The van der Waals surface area contributed by atoms with E-state index in [1.165, 1.54) is 0 Å². The average Bonchev–Trinajstić information content (AvgIpc) is 2.23. The van der Waals surface area contributed by atoms with Crippen LogP contribution in [-0.2, 0) is 22.4 Å². The summed E-state index contributed by atoms with van der Waals surface area (Å²) in [5.74, 6) is -0.714. The Labute approximate surface area is 109 Å². The Balaban J connectivity index is 3.93. The second-order valence-electron chi connectivity index (χ2n) is 3.59. The van der Waals surface area contributed by atoms with E-state index in [0.29, 0.717) is 0 Å². The maximum atomic E-state index is 12.7. The second kappa shape index (κ2) is 4.81. The van der Waals surface area contributed by atoms with Gasteiger partial charge in [-0.2, -0.15) is 26.3 Å². The molecule has 1 aromatic carbocycles. The molecule has 0 aliphatic rings. The van der Waals surface area contributed by atoms with Gasteiger partial charge in [-0.1, -0.05) is 0 Å². The minimum absolute atomic E-state index is 0.0531. The van der Waals surface area contributed by atoms with E-state index in [9.17, 15) is 34.8 Å². The lowest BCUT2D eigenvalue weighted by molar-refractivity contribution is -0.163. The van der Waals surface area contributed by atoms with E-state index in [1.54, 1.807) is 0 Å². The first-order valence-electron chi connectivity index (χ1n) is 4.67. The van der Waals surface area contributed by atoms with Crippen molar-refractivity contribution in [1.82, 2.24) is 0 Å². The number of primary sulfonamides is 1. The summed E-state index contributed by atoms with van der Waals surface area (Å²) in [6, 6.07) is 0.338. The molecule has 0 heterocycles. The van der Waals surface area contributed by atoms with Crippen molar-refractivity contribution >= 4 is 10.0 Å². The molecular weight excluding hydrogens is 316 g/mol. The van der Waals surface area contributed by atoms with Crippen molar-refractivity contribution < 1.29 is 39.5 Å². The zero-order chi connectivity index (χ0) is 15.9. The van der Waals surface area contributed by atoms with Gasteiger partial charge in [0.05, 0.1) is 23.1 Å². The van der Waals surface area contributed by atoms with Crippen molar-refractivity contribution in [2.45, 2.75) is 17.2 Å². The third-order valence-corrected chi connectivity index (χ3v) is 3.14. The number of nitrogens with two attached hydrogens (primary N) is 1. The summed E-state index contributed by atoms with van der Waals surface area (Å²) < 4.78 is 103. The van der Waals surface area contributed by atoms with Gasteiger partial charge >= 0.3 is 12.4 Å². The molecular formula is C9H7F6NO3S. The summed E-state index contributed by atoms with van der Waals surface area (Å²) in [6.07, 6.45) is -11.0. The van der Waals surface area contributed by atoms with Gasteiger partial charge in [0.2, 0.25) is 10.0 Å². The fraction of sp³-hybridized carbons (Fsp3) is 0.333. The van der Waals surface area contributed by atoms with Crippen molar-refractivity contribution in [2.24, 2.45) is 5.14 Å². The number of hydrogen-bond donors (Lipinski definition) is 1. The monoisotopic (exact) mass is 323 g/mol. The molecule has 0 radical (unpaired) electrons. The molecule has 0 aliphatic carbocycles. The molecule has 2 N–H and O–H groups in total. The molecule has 4 nitrogen and oxygen atoms in total. The first-order chi connectivity index (χ1) is 8.78. The summed E-state index contributed by atoms with van der Waals surface area (Å²) in [4.78, 5) is -1.70. The highest BCUT2D eigenvalue weighted by Gasteiger charge is 2.47. The predicted molar refractivity (Wildman–Crippen MR) is 54.4 cm³/mol. The van der Waals surface area contributed by atoms with E-state index in [-0.39, 0.29) is 12.1 Å². The highest BCUT2D eigenvalue weighted by molar-refractivity contribution is 7.89. The molecule has 0 bridgehead atoms. The molecule has 0 aliphatic heterocycles. The number of alkyl halides is 6. The van der Waals surface area contributed by atoms with Crippen LogP contribution < -0.4 is 9.88 Å². The highest BCUT2D eigenvalue weighted by Crippen LogP contribution is 2.44. The zero-order valence-corrected chi connectivity index (χ0v) is 10.4. The Morgan fingerprint density at radius 2 is 1.55 bits per heavy atom. The molecule has 0 aromatic heterocycles. The molecule has 1 aromatic rings. The van der Waals surface area contributed by atoms with Crippen molar-refractivity contribution in [3.8, 4) is 5.75 Å². The van der Waals surface area contributed by atoms with E-state index in [2.05, 4.69) is 9.88 Å². The minimum atomic E-state index is -5.56. The fourth-order valence-corrected chi connectivity index (χ4v) is 2.24. The Kier molecular flexibility index (Phi) is 3.98. The summed E-state index contributed by atoms with van der Waals surface area (Å²) in [5.41, 5.74) is -4.55. The van der Waals surface area contributed by atoms with Gasteiger partial charge in [0.25, 0.3) is 0 Å². The summed E-state index contributed by atoms with van der Waals surface area (Å²) in [5, 5.41) is 4.54. The van der Waals surface area contributed by atoms with E-state index in [0.717, 1.165) is 7.11 Å². The predicted octanol–water partition coefficient (Wildman–Crippen LogP) is 2.38. The topological polar surface area (TPSA) is 69.4 Å². The lowest BCUT2D eigenvalue weighted by Gasteiger charge is -2.19. The van der Waals surface area contributed by atoms with Crippen molar-refractivity contribution in [3.05, 3.63) is 23.3 Å². The number of methoxy groups -OCH3 is 1. The first kappa shape index (κ1) is 16.6. The molecule has 114 valence electrons. The largest absolute Gasteiger partial charge is 0.497 e. The lowest BCUT2D eigenvalue weighted by Crippen LogP contribution is -2.24. The Morgan fingerprint density at radius 1 is 1.05 bits per heavy atom. The van der Waals surface area contributed by atoms with E-state index in [4.69, 9.17) is 0 Å². The number of halogens is 6. The number of ether oxygens (including phenoxy) is 1. The van der Waals surface area contributed by atoms with Crippen LogP contribution in [0.25, 0.3) is 0 Å². The third kappa shape index (κ3) is 3.33. The number of rotatable bonds is 2. The molecule has 1 rings (SSSR count). The third-order valence-electron chi connectivity index (χ3n) is 2.21. The molecule has 0 saturated carbocycles. The van der Waals surface area contributed by atoms with Crippen LogP contribution in [0.3, 0.4) is 0 Å². The van der Waals surface area contributed by atoms with E-state index < -0.39 is 44.1 Å². The molecule has 0 saturated heterocycles. The van der Waals surface area contributed by atoms with Gasteiger partial charge in [0.1, 0.15) is 5.75 Å². The van der Waals surface area contributed by atoms with Crippen LogP contribution in [0.4, 0.5) is 26.3 Å². The van der Waals surface area contributed by atoms with Gasteiger partial charge in [0, 0.05) is 6.07 Å². The Hall–Kier alpha value is -1.49. The van der Waals surface area contributed by atoms with Crippen molar-refractivity contribution in [3.63, 3.8) is 0 Å². The van der Waals surface area contributed by atoms with Gasteiger partial charge < -0.3 is 4.74 Å². The molecule has 0 fully saturated rings. The second-order valence-corrected chi connectivity index (χ2v) is 5.12.